The van der Waals surface area contributed by atoms with E-state index in [-0.39, 0.29) is 6.61 Å². The zero-order chi connectivity index (χ0) is 20.1. The highest BCUT2D eigenvalue weighted by molar-refractivity contribution is 7.17. The van der Waals surface area contributed by atoms with Gasteiger partial charge in [0.2, 0.25) is 0 Å². The lowest BCUT2D eigenvalue weighted by atomic mass is 10.1. The van der Waals surface area contributed by atoms with Crippen LogP contribution >= 0.6 is 11.3 Å². The predicted molar refractivity (Wildman–Crippen MR) is 104 cm³/mol. The third kappa shape index (κ3) is 4.69. The maximum atomic E-state index is 12.3. The normalized spacial score (nSPS) is 12.8. The predicted octanol–water partition coefficient (Wildman–Crippen LogP) is 3.51. The first-order chi connectivity index (χ1) is 13.5. The number of anilines is 1. The number of thiophene rings is 1. The first-order valence-electron chi connectivity index (χ1n) is 9.00. The Morgan fingerprint density at radius 3 is 2.79 bits per heavy atom. The van der Waals surface area contributed by atoms with Crippen LogP contribution in [0.4, 0.5) is 5.00 Å². The van der Waals surface area contributed by atoms with Crippen LogP contribution in [0.2, 0.25) is 0 Å². The van der Waals surface area contributed by atoms with E-state index in [2.05, 4.69) is 5.32 Å². The molecule has 1 N–H and O–H groups in total. The van der Waals surface area contributed by atoms with Crippen LogP contribution in [0.25, 0.3) is 6.08 Å². The number of rotatable bonds is 7. The second kappa shape index (κ2) is 8.88. The second-order valence-corrected chi connectivity index (χ2v) is 7.32. The van der Waals surface area contributed by atoms with Crippen LogP contribution in [0.3, 0.4) is 0 Å². The first-order valence-corrected chi connectivity index (χ1v) is 9.82. The lowest BCUT2D eigenvalue weighted by molar-refractivity contribution is -0.142. The van der Waals surface area contributed by atoms with Crippen molar-refractivity contribution in [3.8, 4) is 0 Å². The summed E-state index contributed by atoms with van der Waals surface area (Å²) >= 11 is 1.38. The summed E-state index contributed by atoms with van der Waals surface area (Å²) in [4.78, 5) is 37.3. The van der Waals surface area contributed by atoms with E-state index in [9.17, 15) is 14.4 Å². The van der Waals surface area contributed by atoms with Gasteiger partial charge in [-0.15, -0.1) is 11.3 Å². The van der Waals surface area contributed by atoms with Crippen molar-refractivity contribution in [2.45, 2.75) is 33.1 Å². The molecule has 0 saturated carbocycles. The minimum absolute atomic E-state index is 0.260. The van der Waals surface area contributed by atoms with Crippen LogP contribution in [0.1, 0.15) is 45.7 Å². The van der Waals surface area contributed by atoms with Crippen LogP contribution in [0.5, 0.6) is 0 Å². The lowest BCUT2D eigenvalue weighted by Gasteiger charge is -2.08. The third-order valence-electron chi connectivity index (χ3n) is 4.14. The van der Waals surface area contributed by atoms with Crippen LogP contribution in [0, 0.1) is 6.92 Å². The number of carbonyl (C=O) groups is 3. The van der Waals surface area contributed by atoms with Crippen molar-refractivity contribution in [1.29, 1.82) is 0 Å². The molecule has 3 rings (SSSR count). The molecule has 1 aliphatic carbocycles. The van der Waals surface area contributed by atoms with Crippen molar-refractivity contribution in [3.63, 3.8) is 0 Å². The summed E-state index contributed by atoms with van der Waals surface area (Å²) in [6.07, 6.45) is 5.32. The molecule has 0 aliphatic heterocycles. The number of hydrogen-bond donors (Lipinski definition) is 1. The SMILES string of the molecule is CCOC(=O)c1c(NC(=O)COC(=O)/C=C/c2ccc(C)o2)sc2c1CCC2. The highest BCUT2D eigenvalue weighted by atomic mass is 32.1. The van der Waals surface area contributed by atoms with E-state index in [1.807, 2.05) is 0 Å². The summed E-state index contributed by atoms with van der Waals surface area (Å²) in [5, 5.41) is 3.12. The van der Waals surface area contributed by atoms with Crippen molar-refractivity contribution < 1.29 is 28.3 Å². The van der Waals surface area contributed by atoms with Crippen LogP contribution < -0.4 is 5.32 Å². The number of esters is 2. The van der Waals surface area contributed by atoms with Gasteiger partial charge in [0.1, 0.15) is 16.5 Å². The molecule has 0 unspecified atom stereocenters. The summed E-state index contributed by atoms with van der Waals surface area (Å²) in [6.45, 7) is 3.34. The van der Waals surface area contributed by atoms with Gasteiger partial charge in [0.05, 0.1) is 12.2 Å². The number of fused-ring (bicyclic) bond motifs is 1. The Bertz CT molecular complexity index is 923. The van der Waals surface area contributed by atoms with Gasteiger partial charge in [0, 0.05) is 11.0 Å². The molecule has 0 radical (unpaired) electrons. The molecule has 28 heavy (non-hydrogen) atoms. The molecule has 1 amide bonds. The highest BCUT2D eigenvalue weighted by Gasteiger charge is 2.28. The van der Waals surface area contributed by atoms with Crippen molar-refractivity contribution in [2.24, 2.45) is 0 Å². The van der Waals surface area contributed by atoms with Crippen LogP contribution in [0.15, 0.2) is 22.6 Å². The van der Waals surface area contributed by atoms with Crippen molar-refractivity contribution in [2.75, 3.05) is 18.5 Å². The monoisotopic (exact) mass is 403 g/mol. The number of hydrogen-bond acceptors (Lipinski definition) is 7. The molecule has 7 nitrogen and oxygen atoms in total. The van der Waals surface area contributed by atoms with Gasteiger partial charge in [-0.05, 0) is 56.9 Å². The maximum absolute atomic E-state index is 12.3. The molecule has 0 fully saturated rings. The van der Waals surface area contributed by atoms with Gasteiger partial charge in [0.15, 0.2) is 6.61 Å². The number of ether oxygens (including phenoxy) is 2. The summed E-state index contributed by atoms with van der Waals surface area (Å²) in [7, 11) is 0. The fourth-order valence-electron chi connectivity index (χ4n) is 2.95. The second-order valence-electron chi connectivity index (χ2n) is 6.22. The number of amides is 1. The van der Waals surface area contributed by atoms with Crippen molar-refractivity contribution >= 4 is 40.3 Å². The smallest absolute Gasteiger partial charge is 0.341 e. The van der Waals surface area contributed by atoms with Gasteiger partial charge in [-0.2, -0.15) is 0 Å². The zero-order valence-corrected chi connectivity index (χ0v) is 16.5. The Balaban J connectivity index is 1.58. The number of aryl methyl sites for hydroxylation is 2. The molecule has 2 heterocycles. The highest BCUT2D eigenvalue weighted by Crippen LogP contribution is 2.39. The maximum Gasteiger partial charge on any atom is 0.341 e. The molecule has 8 heteroatoms. The largest absolute Gasteiger partial charge is 0.462 e. The van der Waals surface area contributed by atoms with E-state index in [0.717, 1.165) is 35.5 Å². The summed E-state index contributed by atoms with van der Waals surface area (Å²) in [5.74, 6) is -0.367. The molecule has 148 valence electrons. The Kier molecular flexibility index (Phi) is 6.30. The van der Waals surface area contributed by atoms with Crippen LogP contribution in [-0.2, 0) is 31.9 Å². The topological polar surface area (TPSA) is 94.8 Å². The van der Waals surface area contributed by atoms with E-state index in [0.29, 0.717) is 16.3 Å². The number of nitrogens with one attached hydrogen (secondary N) is 1. The summed E-state index contributed by atoms with van der Waals surface area (Å²) in [5.41, 5.74) is 1.37. The van der Waals surface area contributed by atoms with Gasteiger partial charge in [-0.1, -0.05) is 0 Å². The molecule has 0 aromatic carbocycles. The van der Waals surface area contributed by atoms with Gasteiger partial charge in [-0.3, -0.25) is 4.79 Å². The molecule has 2 aromatic heterocycles. The summed E-state index contributed by atoms with van der Waals surface area (Å²) in [6, 6.07) is 3.50. The Morgan fingerprint density at radius 2 is 2.07 bits per heavy atom. The molecule has 1 aliphatic rings. The summed E-state index contributed by atoms with van der Waals surface area (Å²) < 4.78 is 15.4. The average molecular weight is 403 g/mol. The van der Waals surface area contributed by atoms with Gasteiger partial charge >= 0.3 is 11.9 Å². The van der Waals surface area contributed by atoms with Crippen LogP contribution in [-0.4, -0.2) is 31.1 Å². The van der Waals surface area contributed by atoms with Crippen molar-refractivity contribution in [1.82, 2.24) is 0 Å². The van der Waals surface area contributed by atoms with E-state index >= 15 is 0 Å². The standard InChI is InChI=1S/C20H21NO6S/c1-3-25-20(24)18-14-5-4-6-15(14)28-19(18)21-16(22)11-26-17(23)10-9-13-8-7-12(2)27-13/h7-10H,3-6,11H2,1-2H3,(H,21,22)/b10-9+. The van der Waals surface area contributed by atoms with Gasteiger partial charge in [-0.25, -0.2) is 9.59 Å². The lowest BCUT2D eigenvalue weighted by Crippen LogP contribution is -2.21. The quantitative estimate of drug-likeness (QED) is 0.562. The third-order valence-corrected chi connectivity index (χ3v) is 5.35. The molecule has 0 bridgehead atoms. The number of furan rings is 1. The van der Waals surface area contributed by atoms with E-state index in [1.165, 1.54) is 23.5 Å². The Hall–Kier alpha value is -2.87. The molecule has 0 saturated heterocycles. The Labute approximate surface area is 166 Å². The molecule has 2 aromatic rings. The van der Waals surface area contributed by atoms with E-state index < -0.39 is 24.5 Å². The molecule has 0 atom stereocenters. The van der Waals surface area contributed by atoms with E-state index in [1.54, 1.807) is 26.0 Å². The average Bonchev–Trinajstić information content (AvgIpc) is 3.34. The molecular formula is C20H21NO6S. The zero-order valence-electron chi connectivity index (χ0n) is 15.7. The fourth-order valence-corrected chi connectivity index (χ4v) is 4.25. The minimum atomic E-state index is -0.663. The number of carbonyl (C=O) groups excluding carboxylic acids is 3. The molecular weight excluding hydrogens is 382 g/mol. The van der Waals surface area contributed by atoms with Crippen molar-refractivity contribution in [3.05, 3.63) is 45.7 Å². The first kappa shape index (κ1) is 19.9. The Morgan fingerprint density at radius 1 is 1.25 bits per heavy atom. The minimum Gasteiger partial charge on any atom is -0.462 e. The molecule has 0 spiro atoms. The van der Waals surface area contributed by atoms with Gasteiger partial charge in [0.25, 0.3) is 5.91 Å². The van der Waals surface area contributed by atoms with E-state index in [4.69, 9.17) is 13.9 Å². The van der Waals surface area contributed by atoms with Gasteiger partial charge < -0.3 is 19.2 Å². The fraction of sp³-hybridized carbons (Fsp3) is 0.350.